The van der Waals surface area contributed by atoms with Crippen molar-refractivity contribution in [2.45, 2.75) is 27.7 Å². The summed E-state index contributed by atoms with van der Waals surface area (Å²) in [6, 6.07) is 12.3. The lowest BCUT2D eigenvalue weighted by atomic mass is 10.1. The molecule has 0 aromatic heterocycles. The van der Waals surface area contributed by atoms with Crippen molar-refractivity contribution in [2.24, 2.45) is 10.2 Å². The minimum atomic E-state index is 0.928. The van der Waals surface area contributed by atoms with Crippen molar-refractivity contribution < 1.29 is 0 Å². The van der Waals surface area contributed by atoms with Gasteiger partial charge in [-0.3, -0.25) is 0 Å². The maximum atomic E-state index is 4.40. The van der Waals surface area contributed by atoms with Crippen LogP contribution in [0.15, 0.2) is 46.6 Å². The van der Waals surface area contributed by atoms with Crippen molar-refractivity contribution >= 4 is 11.4 Å². The van der Waals surface area contributed by atoms with Gasteiger partial charge in [0, 0.05) is 0 Å². The molecule has 0 aliphatic rings. The van der Waals surface area contributed by atoms with Gasteiger partial charge in [-0.15, -0.1) is 5.11 Å². The van der Waals surface area contributed by atoms with Gasteiger partial charge in [0.2, 0.25) is 0 Å². The van der Waals surface area contributed by atoms with Gasteiger partial charge in [0.25, 0.3) is 0 Å². The van der Waals surface area contributed by atoms with Crippen LogP contribution in [-0.2, 0) is 0 Å². The third-order valence-electron chi connectivity index (χ3n) is 3.01. The zero-order valence-corrected chi connectivity index (χ0v) is 11.4. The second-order valence-electron chi connectivity index (χ2n) is 4.73. The minimum absolute atomic E-state index is 0.928. The number of hydrogen-bond donors (Lipinski definition) is 0. The molecule has 2 aromatic carbocycles. The van der Waals surface area contributed by atoms with Crippen LogP contribution in [0.4, 0.5) is 11.4 Å². The van der Waals surface area contributed by atoms with E-state index >= 15 is 0 Å². The molecule has 0 amide bonds. The molecule has 2 nitrogen and oxygen atoms in total. The van der Waals surface area contributed by atoms with Crippen LogP contribution >= 0.6 is 0 Å². The predicted molar refractivity (Wildman–Crippen MR) is 76.0 cm³/mol. The first kappa shape index (κ1) is 12.5. The van der Waals surface area contributed by atoms with Crippen LogP contribution in [0.3, 0.4) is 0 Å². The third-order valence-corrected chi connectivity index (χ3v) is 3.01. The maximum Gasteiger partial charge on any atom is 0.0915 e. The number of hydrogen-bond acceptors (Lipinski definition) is 2. The summed E-state index contributed by atoms with van der Waals surface area (Å²) in [5, 5.41) is 8.75. The largest absolute Gasteiger partial charge is 0.150 e. The average Bonchev–Trinajstić information content (AvgIpc) is 2.30. The fourth-order valence-corrected chi connectivity index (χ4v) is 2.11. The van der Waals surface area contributed by atoms with E-state index in [0.29, 0.717) is 0 Å². The predicted octanol–water partition coefficient (Wildman–Crippen LogP) is 5.34. The van der Waals surface area contributed by atoms with Crippen LogP contribution in [0.25, 0.3) is 0 Å². The molecule has 2 heteroatoms. The summed E-state index contributed by atoms with van der Waals surface area (Å²) < 4.78 is 0. The Morgan fingerprint density at radius 1 is 0.722 bits per heavy atom. The number of aryl methyl sites for hydroxylation is 4. The molecule has 2 aromatic rings. The van der Waals surface area contributed by atoms with E-state index in [1.807, 2.05) is 31.2 Å². The molecule has 0 unspecified atom stereocenters. The zero-order chi connectivity index (χ0) is 13.1. The highest BCUT2D eigenvalue weighted by molar-refractivity contribution is 5.54. The lowest BCUT2D eigenvalue weighted by Crippen LogP contribution is -1.82. The van der Waals surface area contributed by atoms with Gasteiger partial charge in [-0.2, -0.15) is 5.11 Å². The number of benzene rings is 2. The fourth-order valence-electron chi connectivity index (χ4n) is 2.11. The van der Waals surface area contributed by atoms with E-state index in [1.54, 1.807) is 0 Å². The second kappa shape index (κ2) is 5.13. The van der Waals surface area contributed by atoms with Crippen molar-refractivity contribution in [3.63, 3.8) is 0 Å². The molecule has 0 saturated carbocycles. The lowest BCUT2D eigenvalue weighted by Gasteiger charge is -2.05. The van der Waals surface area contributed by atoms with E-state index in [2.05, 4.69) is 43.1 Å². The normalized spacial score (nSPS) is 11.1. The van der Waals surface area contributed by atoms with Crippen LogP contribution in [-0.4, -0.2) is 0 Å². The molecule has 0 heterocycles. The highest BCUT2D eigenvalue weighted by atomic mass is 15.1. The van der Waals surface area contributed by atoms with Crippen molar-refractivity contribution in [3.8, 4) is 0 Å². The van der Waals surface area contributed by atoms with Gasteiger partial charge in [0.1, 0.15) is 0 Å². The van der Waals surface area contributed by atoms with Gasteiger partial charge in [-0.1, -0.05) is 35.9 Å². The molecule has 0 aliphatic heterocycles. The topological polar surface area (TPSA) is 24.7 Å². The van der Waals surface area contributed by atoms with E-state index in [1.165, 1.54) is 16.7 Å². The van der Waals surface area contributed by atoms with Crippen LogP contribution < -0.4 is 0 Å². The molecule has 2 rings (SSSR count). The van der Waals surface area contributed by atoms with Crippen molar-refractivity contribution in [3.05, 3.63) is 58.7 Å². The minimum Gasteiger partial charge on any atom is -0.150 e. The van der Waals surface area contributed by atoms with Gasteiger partial charge < -0.3 is 0 Å². The Morgan fingerprint density at radius 3 is 1.94 bits per heavy atom. The molecule has 0 radical (unpaired) electrons. The number of nitrogens with zero attached hydrogens (tertiary/aromatic N) is 2. The Bertz CT molecular complexity index is 575. The van der Waals surface area contributed by atoms with Crippen molar-refractivity contribution in [2.75, 3.05) is 0 Å². The van der Waals surface area contributed by atoms with Crippen LogP contribution in [0.1, 0.15) is 22.3 Å². The molecule has 0 spiro atoms. The Kier molecular flexibility index (Phi) is 3.56. The van der Waals surface area contributed by atoms with Gasteiger partial charge >= 0.3 is 0 Å². The molecule has 0 saturated heterocycles. The van der Waals surface area contributed by atoms with E-state index in [4.69, 9.17) is 0 Å². The first-order valence-electron chi connectivity index (χ1n) is 6.13. The second-order valence-corrected chi connectivity index (χ2v) is 4.73. The Morgan fingerprint density at radius 2 is 1.33 bits per heavy atom. The molecule has 0 bridgehead atoms. The molecule has 0 N–H and O–H groups in total. The molecule has 92 valence electrons. The fraction of sp³-hybridized carbons (Fsp3) is 0.250. The molecule has 18 heavy (non-hydrogen) atoms. The Hall–Kier alpha value is -1.96. The van der Waals surface area contributed by atoms with Gasteiger partial charge in [-0.25, -0.2) is 0 Å². The van der Waals surface area contributed by atoms with Crippen LogP contribution in [0.5, 0.6) is 0 Å². The summed E-state index contributed by atoms with van der Waals surface area (Å²) in [5.41, 5.74) is 6.65. The smallest absolute Gasteiger partial charge is 0.0915 e. The van der Waals surface area contributed by atoms with E-state index in [0.717, 1.165) is 16.9 Å². The Balaban J connectivity index is 2.38. The quantitative estimate of drug-likeness (QED) is 0.631. The first-order chi connectivity index (χ1) is 8.58. The highest BCUT2D eigenvalue weighted by Crippen LogP contribution is 2.28. The van der Waals surface area contributed by atoms with Crippen molar-refractivity contribution in [1.29, 1.82) is 0 Å². The van der Waals surface area contributed by atoms with Crippen molar-refractivity contribution in [1.82, 2.24) is 0 Å². The van der Waals surface area contributed by atoms with E-state index in [-0.39, 0.29) is 0 Å². The summed E-state index contributed by atoms with van der Waals surface area (Å²) >= 11 is 0. The van der Waals surface area contributed by atoms with Gasteiger partial charge in [-0.05, 0) is 50.5 Å². The monoisotopic (exact) mass is 238 g/mol. The summed E-state index contributed by atoms with van der Waals surface area (Å²) in [6.07, 6.45) is 0. The number of rotatable bonds is 2. The summed E-state index contributed by atoms with van der Waals surface area (Å²) in [4.78, 5) is 0. The molecule has 0 aliphatic carbocycles. The van der Waals surface area contributed by atoms with Gasteiger partial charge in [0.15, 0.2) is 0 Å². The molecular formula is C16H18N2. The highest BCUT2D eigenvalue weighted by Gasteiger charge is 2.02. The van der Waals surface area contributed by atoms with Crippen LogP contribution in [0.2, 0.25) is 0 Å². The standard InChI is InChI=1S/C16H18N2/c1-11-9-13(3)16(14(4)10-11)18-17-15-8-6-5-7-12(15)2/h5-10H,1-4H3. The molecule has 0 atom stereocenters. The summed E-state index contributed by atoms with van der Waals surface area (Å²) in [7, 11) is 0. The number of azo groups is 1. The molecular weight excluding hydrogens is 220 g/mol. The zero-order valence-electron chi connectivity index (χ0n) is 11.4. The average molecular weight is 238 g/mol. The lowest BCUT2D eigenvalue weighted by molar-refractivity contribution is 1.16. The maximum absolute atomic E-state index is 4.40. The van der Waals surface area contributed by atoms with E-state index < -0.39 is 0 Å². The van der Waals surface area contributed by atoms with Gasteiger partial charge in [0.05, 0.1) is 11.4 Å². The molecule has 0 fully saturated rings. The Labute approximate surface area is 108 Å². The summed E-state index contributed by atoms with van der Waals surface area (Å²) in [6.45, 7) is 8.30. The van der Waals surface area contributed by atoms with E-state index in [9.17, 15) is 0 Å². The first-order valence-corrected chi connectivity index (χ1v) is 6.13. The SMILES string of the molecule is Cc1cc(C)c(N=Nc2ccccc2C)c(C)c1. The van der Waals surface area contributed by atoms with Crippen LogP contribution in [0, 0.1) is 27.7 Å². The third kappa shape index (κ3) is 2.65. The summed E-state index contributed by atoms with van der Waals surface area (Å²) in [5.74, 6) is 0.